The molecule has 0 aliphatic heterocycles. The highest BCUT2D eigenvalue weighted by atomic mass is 16.7. The Hall–Kier alpha value is -2.60. The number of aromatic amines is 1. The van der Waals surface area contributed by atoms with Gasteiger partial charge in [-0.2, -0.15) is 0 Å². The van der Waals surface area contributed by atoms with Crippen LogP contribution in [0.2, 0.25) is 0 Å². The molecule has 1 heterocycles. The Kier molecular flexibility index (Phi) is 4.66. The first-order valence-electron chi connectivity index (χ1n) is 7.93. The number of hydrogen-bond donors (Lipinski definition) is 2. The summed E-state index contributed by atoms with van der Waals surface area (Å²) in [6.45, 7) is 1.79. The van der Waals surface area contributed by atoms with E-state index in [1.165, 1.54) is 0 Å². The van der Waals surface area contributed by atoms with Gasteiger partial charge in [0.15, 0.2) is 12.1 Å². The maximum Gasteiger partial charge on any atom is 0.257 e. The predicted octanol–water partition coefficient (Wildman–Crippen LogP) is 3.16. The third kappa shape index (κ3) is 3.33. The highest BCUT2D eigenvalue weighted by Crippen LogP contribution is 2.25. The van der Waals surface area contributed by atoms with Crippen molar-refractivity contribution in [1.82, 2.24) is 4.98 Å². The van der Waals surface area contributed by atoms with E-state index in [0.29, 0.717) is 29.0 Å². The predicted molar refractivity (Wildman–Crippen MR) is 89.6 cm³/mol. The molecule has 0 saturated carbocycles. The Morgan fingerprint density at radius 2 is 2.00 bits per heavy atom. The number of anilines is 1. The fourth-order valence-electron chi connectivity index (χ4n) is 2.77. The van der Waals surface area contributed by atoms with Crippen LogP contribution in [0.1, 0.15) is 46.2 Å². The number of fused-ring (bicyclic) bond motifs is 1. The number of Topliss-reactive ketones (excluding diaryl/α,β-unsaturated/α-hetero) is 1. The number of amides is 1. The van der Waals surface area contributed by atoms with E-state index in [4.69, 9.17) is 9.47 Å². The highest BCUT2D eigenvalue weighted by molar-refractivity contribution is 6.13. The number of ketones is 1. The summed E-state index contributed by atoms with van der Waals surface area (Å²) >= 11 is 0. The summed E-state index contributed by atoms with van der Waals surface area (Å²) in [6, 6.07) is 7.00. The Labute approximate surface area is 140 Å². The molecule has 0 bridgehead atoms. The molecule has 0 spiro atoms. The molecule has 2 N–H and O–H groups in total. The number of carbonyl (C=O) groups excluding carboxylic acids is 2. The number of nitrogens with one attached hydrogen (secondary N) is 2. The number of rotatable bonds is 5. The zero-order chi connectivity index (χ0) is 17.1. The summed E-state index contributed by atoms with van der Waals surface area (Å²) in [5.41, 5.74) is 2.43. The zero-order valence-corrected chi connectivity index (χ0v) is 13.7. The van der Waals surface area contributed by atoms with Gasteiger partial charge in [0.2, 0.25) is 0 Å². The first kappa shape index (κ1) is 16.3. The SMILES string of the molecule is COC(C)Oc1ccc(NC(=O)c2c[nH]c3c2C(=O)CCC3)cc1. The monoisotopic (exact) mass is 328 g/mol. The van der Waals surface area contributed by atoms with Gasteiger partial charge in [-0.05, 0) is 44.0 Å². The normalized spacial score (nSPS) is 14.8. The van der Waals surface area contributed by atoms with Crippen molar-refractivity contribution in [2.24, 2.45) is 0 Å². The Morgan fingerprint density at radius 3 is 2.71 bits per heavy atom. The molecule has 126 valence electrons. The van der Waals surface area contributed by atoms with E-state index in [1.54, 1.807) is 44.5 Å². The molecule has 3 rings (SSSR count). The number of ether oxygens (including phenoxy) is 2. The van der Waals surface area contributed by atoms with Crippen molar-refractivity contribution in [3.05, 3.63) is 47.3 Å². The number of aromatic nitrogens is 1. The van der Waals surface area contributed by atoms with E-state index in [0.717, 1.165) is 18.5 Å². The molecule has 6 nitrogen and oxygen atoms in total. The second-order valence-electron chi connectivity index (χ2n) is 5.73. The third-order valence-electron chi connectivity index (χ3n) is 4.06. The van der Waals surface area contributed by atoms with Crippen LogP contribution in [0.4, 0.5) is 5.69 Å². The largest absolute Gasteiger partial charge is 0.465 e. The van der Waals surface area contributed by atoms with Crippen molar-refractivity contribution in [2.75, 3.05) is 12.4 Å². The van der Waals surface area contributed by atoms with Crippen LogP contribution in [0.25, 0.3) is 0 Å². The zero-order valence-electron chi connectivity index (χ0n) is 13.7. The van der Waals surface area contributed by atoms with Crippen LogP contribution in [0.15, 0.2) is 30.5 Å². The molecule has 1 aromatic heterocycles. The van der Waals surface area contributed by atoms with Crippen LogP contribution in [0, 0.1) is 0 Å². The molecule has 1 aliphatic rings. The number of H-pyrrole nitrogens is 1. The molecule has 1 unspecified atom stereocenters. The molecule has 0 fully saturated rings. The summed E-state index contributed by atoms with van der Waals surface area (Å²) in [7, 11) is 1.57. The number of aryl methyl sites for hydroxylation is 1. The number of carbonyl (C=O) groups is 2. The standard InChI is InChI=1S/C18H20N2O4/c1-11(23-2)24-13-8-6-12(7-9-13)20-18(22)14-10-19-15-4-3-5-16(21)17(14)15/h6-11,19H,3-5H2,1-2H3,(H,20,22). The van der Waals surface area contributed by atoms with Gasteiger partial charge < -0.3 is 19.8 Å². The Balaban J connectivity index is 1.71. The van der Waals surface area contributed by atoms with Gasteiger partial charge in [-0.3, -0.25) is 9.59 Å². The minimum atomic E-state index is -0.345. The summed E-state index contributed by atoms with van der Waals surface area (Å²) < 4.78 is 10.5. The maximum atomic E-state index is 12.5. The summed E-state index contributed by atoms with van der Waals surface area (Å²) in [6.07, 6.45) is 3.39. The molecule has 0 radical (unpaired) electrons. The minimum absolute atomic E-state index is 0.0277. The van der Waals surface area contributed by atoms with Crippen LogP contribution in [0.5, 0.6) is 5.75 Å². The molecular weight excluding hydrogens is 308 g/mol. The molecule has 24 heavy (non-hydrogen) atoms. The van der Waals surface area contributed by atoms with Crippen LogP contribution in [-0.4, -0.2) is 30.1 Å². The molecule has 0 saturated heterocycles. The van der Waals surface area contributed by atoms with Crippen molar-refractivity contribution in [3.8, 4) is 5.75 Å². The van der Waals surface area contributed by atoms with E-state index in [1.807, 2.05) is 0 Å². The van der Waals surface area contributed by atoms with Gasteiger partial charge in [0.25, 0.3) is 5.91 Å². The number of methoxy groups -OCH3 is 1. The smallest absolute Gasteiger partial charge is 0.257 e. The lowest BCUT2D eigenvalue weighted by Crippen LogP contribution is -2.18. The molecular formula is C18H20N2O4. The second-order valence-corrected chi connectivity index (χ2v) is 5.73. The molecule has 1 atom stereocenters. The van der Waals surface area contributed by atoms with E-state index in [9.17, 15) is 9.59 Å². The second kappa shape index (κ2) is 6.88. The molecule has 1 aliphatic carbocycles. The van der Waals surface area contributed by atoms with Crippen LogP contribution in [0.3, 0.4) is 0 Å². The minimum Gasteiger partial charge on any atom is -0.465 e. The maximum absolute atomic E-state index is 12.5. The van der Waals surface area contributed by atoms with E-state index < -0.39 is 0 Å². The average molecular weight is 328 g/mol. The Morgan fingerprint density at radius 1 is 1.25 bits per heavy atom. The molecule has 2 aromatic rings. The lowest BCUT2D eigenvalue weighted by molar-refractivity contribution is -0.0382. The van der Waals surface area contributed by atoms with Crippen molar-refractivity contribution < 1.29 is 19.1 Å². The summed E-state index contributed by atoms with van der Waals surface area (Å²) in [5, 5.41) is 2.81. The van der Waals surface area contributed by atoms with Gasteiger partial charge in [0, 0.05) is 31.1 Å². The first-order valence-corrected chi connectivity index (χ1v) is 7.93. The van der Waals surface area contributed by atoms with Crippen molar-refractivity contribution in [3.63, 3.8) is 0 Å². The summed E-state index contributed by atoms with van der Waals surface area (Å²) in [4.78, 5) is 27.6. The topological polar surface area (TPSA) is 80.4 Å². The van der Waals surface area contributed by atoms with Crippen molar-refractivity contribution in [2.45, 2.75) is 32.5 Å². The van der Waals surface area contributed by atoms with E-state index in [2.05, 4.69) is 10.3 Å². The first-order chi connectivity index (χ1) is 11.6. The fourth-order valence-corrected chi connectivity index (χ4v) is 2.77. The van der Waals surface area contributed by atoms with Gasteiger partial charge in [0.05, 0.1) is 11.1 Å². The lowest BCUT2D eigenvalue weighted by Gasteiger charge is -2.13. The fraction of sp³-hybridized carbons (Fsp3) is 0.333. The molecule has 1 aromatic carbocycles. The van der Waals surface area contributed by atoms with Crippen molar-refractivity contribution >= 4 is 17.4 Å². The summed E-state index contributed by atoms with van der Waals surface area (Å²) in [5.74, 6) is 0.387. The van der Waals surface area contributed by atoms with Crippen LogP contribution in [-0.2, 0) is 11.2 Å². The highest BCUT2D eigenvalue weighted by Gasteiger charge is 2.25. The number of hydrogen-bond acceptors (Lipinski definition) is 4. The van der Waals surface area contributed by atoms with E-state index >= 15 is 0 Å². The third-order valence-corrected chi connectivity index (χ3v) is 4.06. The van der Waals surface area contributed by atoms with E-state index in [-0.39, 0.29) is 18.0 Å². The quantitative estimate of drug-likeness (QED) is 0.826. The molecule has 6 heteroatoms. The Bertz CT molecular complexity index is 749. The number of benzene rings is 1. The van der Waals surface area contributed by atoms with Crippen LogP contribution < -0.4 is 10.1 Å². The molecule has 1 amide bonds. The van der Waals surface area contributed by atoms with Gasteiger partial charge in [-0.15, -0.1) is 0 Å². The van der Waals surface area contributed by atoms with Gasteiger partial charge >= 0.3 is 0 Å². The van der Waals surface area contributed by atoms with Gasteiger partial charge in [0.1, 0.15) is 5.75 Å². The van der Waals surface area contributed by atoms with Crippen molar-refractivity contribution in [1.29, 1.82) is 0 Å². The average Bonchev–Trinajstić information content (AvgIpc) is 3.02. The lowest BCUT2D eigenvalue weighted by atomic mass is 9.93. The van der Waals surface area contributed by atoms with Crippen LogP contribution >= 0.6 is 0 Å². The van der Waals surface area contributed by atoms with Gasteiger partial charge in [-0.1, -0.05) is 0 Å². The van der Waals surface area contributed by atoms with Gasteiger partial charge in [-0.25, -0.2) is 0 Å².